The van der Waals surface area contributed by atoms with E-state index in [2.05, 4.69) is 0 Å². The molecule has 3 heterocycles. The average Bonchev–Trinajstić information content (AvgIpc) is 3.10. The van der Waals surface area contributed by atoms with Crippen molar-refractivity contribution in [2.45, 2.75) is 37.8 Å². The van der Waals surface area contributed by atoms with Crippen molar-refractivity contribution < 1.29 is 17.9 Å². The van der Waals surface area contributed by atoms with Crippen LogP contribution < -0.4 is 0 Å². The molecule has 0 radical (unpaired) electrons. The van der Waals surface area contributed by atoms with Crippen LogP contribution in [0.25, 0.3) is 0 Å². The zero-order chi connectivity index (χ0) is 17.2. The lowest BCUT2D eigenvalue weighted by atomic mass is 9.98. The van der Waals surface area contributed by atoms with Gasteiger partial charge in [0, 0.05) is 43.8 Å². The first-order chi connectivity index (χ1) is 11.5. The van der Waals surface area contributed by atoms with Gasteiger partial charge >= 0.3 is 0 Å². The van der Waals surface area contributed by atoms with Gasteiger partial charge in [0.1, 0.15) is 0 Å². The van der Waals surface area contributed by atoms with Gasteiger partial charge < -0.3 is 9.64 Å². The van der Waals surface area contributed by atoms with E-state index in [1.54, 1.807) is 0 Å². The number of carbonyl (C=O) groups excluding carboxylic acids is 1. The molecule has 0 aliphatic carbocycles. The standard InChI is InChI=1S/C16H24N2O4S2/c1-24(20,21)17-7-2-3-15(11-17)18(14-4-8-22-9-5-14)16(19)13-6-10-23-12-13/h6,10,12,14-15H,2-5,7-9,11H2,1H3. The van der Waals surface area contributed by atoms with E-state index in [-0.39, 0.29) is 18.0 Å². The highest BCUT2D eigenvalue weighted by Crippen LogP contribution is 2.26. The number of rotatable bonds is 4. The van der Waals surface area contributed by atoms with Crippen molar-refractivity contribution in [2.24, 2.45) is 0 Å². The molecule has 134 valence electrons. The van der Waals surface area contributed by atoms with Crippen LogP contribution in [0.15, 0.2) is 16.8 Å². The molecule has 6 nitrogen and oxygen atoms in total. The molecule has 2 saturated heterocycles. The van der Waals surface area contributed by atoms with Crippen LogP contribution in [0.1, 0.15) is 36.0 Å². The number of hydrogen-bond donors (Lipinski definition) is 0. The summed E-state index contributed by atoms with van der Waals surface area (Å²) in [5, 5.41) is 3.77. The fourth-order valence-corrected chi connectivity index (χ4v) is 5.11. The second-order valence-electron chi connectivity index (χ2n) is 6.49. The number of thiophene rings is 1. The highest BCUT2D eigenvalue weighted by atomic mass is 32.2. The van der Waals surface area contributed by atoms with E-state index in [4.69, 9.17) is 4.74 Å². The number of sulfonamides is 1. The van der Waals surface area contributed by atoms with E-state index in [1.165, 1.54) is 21.9 Å². The predicted octanol–water partition coefficient (Wildman–Crippen LogP) is 1.79. The average molecular weight is 373 g/mol. The third-order valence-electron chi connectivity index (χ3n) is 4.81. The summed E-state index contributed by atoms with van der Waals surface area (Å²) < 4.78 is 30.8. The molecule has 0 N–H and O–H groups in total. The van der Waals surface area contributed by atoms with Crippen LogP contribution in [0.5, 0.6) is 0 Å². The highest BCUT2D eigenvalue weighted by molar-refractivity contribution is 7.88. The quantitative estimate of drug-likeness (QED) is 0.808. The van der Waals surface area contributed by atoms with Crippen LogP contribution in [0.4, 0.5) is 0 Å². The molecule has 24 heavy (non-hydrogen) atoms. The lowest BCUT2D eigenvalue weighted by molar-refractivity contribution is 0.00866. The van der Waals surface area contributed by atoms with Crippen molar-refractivity contribution in [3.8, 4) is 0 Å². The van der Waals surface area contributed by atoms with E-state index in [9.17, 15) is 13.2 Å². The van der Waals surface area contributed by atoms with Gasteiger partial charge in [0.25, 0.3) is 5.91 Å². The van der Waals surface area contributed by atoms with Crippen molar-refractivity contribution in [1.82, 2.24) is 9.21 Å². The van der Waals surface area contributed by atoms with Gasteiger partial charge in [-0.15, -0.1) is 0 Å². The molecule has 0 aromatic carbocycles. The predicted molar refractivity (Wildman–Crippen MR) is 93.8 cm³/mol. The summed E-state index contributed by atoms with van der Waals surface area (Å²) in [7, 11) is -3.23. The third kappa shape index (κ3) is 3.99. The van der Waals surface area contributed by atoms with Gasteiger partial charge in [-0.05, 0) is 37.1 Å². The van der Waals surface area contributed by atoms with Crippen molar-refractivity contribution >= 4 is 27.3 Å². The Balaban J connectivity index is 1.84. The molecule has 0 spiro atoms. The third-order valence-corrected chi connectivity index (χ3v) is 6.76. The fraction of sp³-hybridized carbons (Fsp3) is 0.688. The molecule has 3 rings (SSSR count). The number of amides is 1. The summed E-state index contributed by atoms with van der Waals surface area (Å²) >= 11 is 1.50. The molecular formula is C16H24N2O4S2. The Labute approximate surface area is 147 Å². The highest BCUT2D eigenvalue weighted by Gasteiger charge is 2.36. The lowest BCUT2D eigenvalue weighted by Gasteiger charge is -2.43. The van der Waals surface area contributed by atoms with Gasteiger partial charge in [-0.1, -0.05) is 0 Å². The fourth-order valence-electron chi connectivity index (χ4n) is 3.58. The van der Waals surface area contributed by atoms with Crippen LogP contribution in [-0.4, -0.2) is 68.2 Å². The first-order valence-corrected chi connectivity index (χ1v) is 11.1. The molecular weight excluding hydrogens is 348 g/mol. The zero-order valence-corrected chi connectivity index (χ0v) is 15.5. The summed E-state index contributed by atoms with van der Waals surface area (Å²) in [6.07, 6.45) is 4.50. The van der Waals surface area contributed by atoms with Gasteiger partial charge in [-0.3, -0.25) is 4.79 Å². The topological polar surface area (TPSA) is 66.9 Å². The summed E-state index contributed by atoms with van der Waals surface area (Å²) in [5.74, 6) is 0.0171. The minimum atomic E-state index is -3.23. The van der Waals surface area contributed by atoms with E-state index in [0.29, 0.717) is 31.9 Å². The van der Waals surface area contributed by atoms with Gasteiger partial charge in [0.2, 0.25) is 10.0 Å². The Morgan fingerprint density at radius 3 is 2.67 bits per heavy atom. The first-order valence-electron chi connectivity index (χ1n) is 8.34. The molecule has 2 aliphatic rings. The SMILES string of the molecule is CS(=O)(=O)N1CCCC(N(C(=O)c2ccsc2)C2CCOCC2)C1. The van der Waals surface area contributed by atoms with E-state index in [0.717, 1.165) is 25.7 Å². The first kappa shape index (κ1) is 17.8. The molecule has 2 aliphatic heterocycles. The summed E-state index contributed by atoms with van der Waals surface area (Å²) in [5.41, 5.74) is 0.697. The van der Waals surface area contributed by atoms with E-state index < -0.39 is 10.0 Å². The van der Waals surface area contributed by atoms with Crippen LogP contribution in [-0.2, 0) is 14.8 Å². The second-order valence-corrected chi connectivity index (χ2v) is 9.25. The summed E-state index contributed by atoms with van der Waals surface area (Å²) in [6, 6.07) is 1.90. The number of hydrogen-bond acceptors (Lipinski definition) is 5. The Morgan fingerprint density at radius 2 is 2.04 bits per heavy atom. The summed E-state index contributed by atoms with van der Waals surface area (Å²) in [4.78, 5) is 15.0. The number of carbonyl (C=O) groups is 1. The molecule has 0 saturated carbocycles. The van der Waals surface area contributed by atoms with Crippen LogP contribution in [0.2, 0.25) is 0 Å². The number of piperidine rings is 1. The van der Waals surface area contributed by atoms with Crippen LogP contribution in [0.3, 0.4) is 0 Å². The largest absolute Gasteiger partial charge is 0.381 e. The van der Waals surface area contributed by atoms with Gasteiger partial charge in [-0.2, -0.15) is 11.3 Å². The van der Waals surface area contributed by atoms with Crippen LogP contribution >= 0.6 is 11.3 Å². The number of ether oxygens (including phenoxy) is 1. The Morgan fingerprint density at radius 1 is 1.29 bits per heavy atom. The normalized spacial score (nSPS) is 24.0. The van der Waals surface area contributed by atoms with Gasteiger partial charge in [-0.25, -0.2) is 12.7 Å². The lowest BCUT2D eigenvalue weighted by Crippen LogP contribution is -2.55. The van der Waals surface area contributed by atoms with Crippen LogP contribution in [0, 0.1) is 0 Å². The van der Waals surface area contributed by atoms with E-state index >= 15 is 0 Å². The zero-order valence-electron chi connectivity index (χ0n) is 13.9. The van der Waals surface area contributed by atoms with Crippen molar-refractivity contribution in [1.29, 1.82) is 0 Å². The molecule has 8 heteroatoms. The number of nitrogens with zero attached hydrogens (tertiary/aromatic N) is 2. The molecule has 1 atom stereocenters. The molecule has 1 aromatic rings. The summed E-state index contributed by atoms with van der Waals surface area (Å²) in [6.45, 7) is 2.25. The smallest absolute Gasteiger partial charge is 0.255 e. The molecule has 2 fully saturated rings. The van der Waals surface area contributed by atoms with Crippen molar-refractivity contribution in [3.05, 3.63) is 22.4 Å². The van der Waals surface area contributed by atoms with Gasteiger partial charge in [0.15, 0.2) is 0 Å². The molecule has 1 aromatic heterocycles. The maximum atomic E-state index is 13.1. The minimum Gasteiger partial charge on any atom is -0.381 e. The van der Waals surface area contributed by atoms with Gasteiger partial charge in [0.05, 0.1) is 11.8 Å². The van der Waals surface area contributed by atoms with Crippen molar-refractivity contribution in [2.75, 3.05) is 32.6 Å². The Kier molecular flexibility index (Phi) is 5.59. The molecule has 0 bridgehead atoms. The van der Waals surface area contributed by atoms with Crippen molar-refractivity contribution in [3.63, 3.8) is 0 Å². The maximum absolute atomic E-state index is 13.1. The Bertz CT molecular complexity index is 654. The molecule has 1 unspecified atom stereocenters. The monoisotopic (exact) mass is 372 g/mol. The maximum Gasteiger partial charge on any atom is 0.255 e. The van der Waals surface area contributed by atoms with E-state index in [1.807, 2.05) is 21.7 Å². The Hall–Kier alpha value is -0.960. The second kappa shape index (κ2) is 7.51. The molecule has 1 amide bonds. The minimum absolute atomic E-state index is 0.0171.